The van der Waals surface area contributed by atoms with Crippen LogP contribution in [0.1, 0.15) is 31.0 Å². The Morgan fingerprint density at radius 1 is 1.16 bits per heavy atom. The van der Waals surface area contributed by atoms with Gasteiger partial charge in [0, 0.05) is 6.54 Å². The highest BCUT2D eigenvalue weighted by molar-refractivity contribution is 6.45. The van der Waals surface area contributed by atoms with Gasteiger partial charge in [-0.15, -0.1) is 6.58 Å². The average molecular weight is 343 g/mol. The number of carbonyl (C=O) groups excluding carboxylic acids is 4. The van der Waals surface area contributed by atoms with E-state index in [4.69, 9.17) is 0 Å². The minimum atomic E-state index is -0.998. The van der Waals surface area contributed by atoms with E-state index < -0.39 is 30.3 Å². The van der Waals surface area contributed by atoms with Gasteiger partial charge in [-0.25, -0.2) is 9.69 Å². The second kappa shape index (κ2) is 7.74. The molecular weight excluding hydrogens is 322 g/mol. The van der Waals surface area contributed by atoms with Crippen LogP contribution in [0.15, 0.2) is 36.9 Å². The molecule has 1 aromatic carbocycles. The van der Waals surface area contributed by atoms with Gasteiger partial charge in [-0.1, -0.05) is 37.3 Å². The molecule has 0 saturated carbocycles. The predicted octanol–water partition coefficient (Wildman–Crippen LogP) is 1.40. The van der Waals surface area contributed by atoms with E-state index in [9.17, 15) is 19.2 Å². The van der Waals surface area contributed by atoms with Gasteiger partial charge in [0.15, 0.2) is 0 Å². The van der Waals surface area contributed by atoms with Crippen molar-refractivity contribution in [2.45, 2.75) is 26.3 Å². The molecule has 5 amide bonds. The van der Waals surface area contributed by atoms with Crippen LogP contribution in [0.4, 0.5) is 4.79 Å². The molecule has 0 bridgehead atoms. The number of urea groups is 1. The summed E-state index contributed by atoms with van der Waals surface area (Å²) in [6.07, 6.45) is 2.27. The fourth-order valence-electron chi connectivity index (χ4n) is 2.54. The lowest BCUT2D eigenvalue weighted by molar-refractivity contribution is -0.143. The van der Waals surface area contributed by atoms with Crippen LogP contribution in [0.2, 0.25) is 0 Å². The zero-order valence-corrected chi connectivity index (χ0v) is 14.3. The van der Waals surface area contributed by atoms with E-state index in [1.54, 1.807) is 0 Å². The minimum Gasteiger partial charge on any atom is -0.348 e. The number of carbonyl (C=O) groups is 4. The van der Waals surface area contributed by atoms with E-state index in [1.165, 1.54) is 11.6 Å². The van der Waals surface area contributed by atoms with Gasteiger partial charge in [0.2, 0.25) is 5.91 Å². The van der Waals surface area contributed by atoms with Crippen LogP contribution in [0.25, 0.3) is 0 Å². The smallest absolute Gasteiger partial charge is 0.335 e. The molecule has 1 saturated heterocycles. The average Bonchev–Trinajstić information content (AvgIpc) is 2.80. The number of hydrogen-bond acceptors (Lipinski definition) is 4. The van der Waals surface area contributed by atoms with Crippen molar-refractivity contribution in [3.63, 3.8) is 0 Å². The topological polar surface area (TPSA) is 86.8 Å². The zero-order chi connectivity index (χ0) is 18.6. The Morgan fingerprint density at radius 3 is 2.32 bits per heavy atom. The maximum Gasteiger partial charge on any atom is 0.335 e. The van der Waals surface area contributed by atoms with E-state index in [-0.39, 0.29) is 12.6 Å². The molecule has 25 heavy (non-hydrogen) atoms. The van der Waals surface area contributed by atoms with Crippen LogP contribution in [0, 0.1) is 0 Å². The summed E-state index contributed by atoms with van der Waals surface area (Å²) < 4.78 is 0. The van der Waals surface area contributed by atoms with Gasteiger partial charge in [-0.3, -0.25) is 19.3 Å². The van der Waals surface area contributed by atoms with Gasteiger partial charge >= 0.3 is 17.8 Å². The summed E-state index contributed by atoms with van der Waals surface area (Å²) in [5, 5.41) is 2.73. The van der Waals surface area contributed by atoms with Gasteiger partial charge in [-0.2, -0.15) is 0 Å². The van der Waals surface area contributed by atoms with Gasteiger partial charge in [0.25, 0.3) is 0 Å². The summed E-state index contributed by atoms with van der Waals surface area (Å²) in [6, 6.07) is 6.72. The highest BCUT2D eigenvalue weighted by Gasteiger charge is 2.44. The third-order valence-corrected chi connectivity index (χ3v) is 4.01. The summed E-state index contributed by atoms with van der Waals surface area (Å²) in [6.45, 7) is 6.74. The molecule has 0 spiro atoms. The van der Waals surface area contributed by atoms with E-state index >= 15 is 0 Å². The van der Waals surface area contributed by atoms with Gasteiger partial charge < -0.3 is 5.32 Å². The largest absolute Gasteiger partial charge is 0.348 e. The Hall–Kier alpha value is -2.96. The van der Waals surface area contributed by atoms with Crippen molar-refractivity contribution in [2.24, 2.45) is 0 Å². The van der Waals surface area contributed by atoms with Crippen molar-refractivity contribution in [3.05, 3.63) is 48.0 Å². The number of aryl methyl sites for hydroxylation is 1. The minimum absolute atomic E-state index is 0.0678. The Bertz CT molecular complexity index is 712. The van der Waals surface area contributed by atoms with E-state index in [1.807, 2.05) is 31.2 Å². The van der Waals surface area contributed by atoms with Gasteiger partial charge in [0.1, 0.15) is 6.54 Å². The first-order chi connectivity index (χ1) is 11.9. The van der Waals surface area contributed by atoms with Crippen LogP contribution in [0.3, 0.4) is 0 Å². The van der Waals surface area contributed by atoms with Crippen molar-refractivity contribution < 1.29 is 19.2 Å². The number of amides is 5. The molecule has 2 rings (SSSR count). The molecule has 1 heterocycles. The van der Waals surface area contributed by atoms with E-state index in [2.05, 4.69) is 18.8 Å². The second-order valence-corrected chi connectivity index (χ2v) is 5.76. The molecule has 1 N–H and O–H groups in total. The number of rotatable bonds is 7. The highest BCUT2D eigenvalue weighted by Crippen LogP contribution is 2.15. The Morgan fingerprint density at radius 2 is 1.76 bits per heavy atom. The standard InChI is InChI=1S/C18H21N3O4/c1-4-10-20-16(23)17(24)21(18(20)25)11-15(22)19-12(3)14-8-6-13(5-2)7-9-14/h4,6-9,12H,1,5,10-11H2,2-3H3,(H,19,22)/t12-/m1/s1. The van der Waals surface area contributed by atoms with Crippen molar-refractivity contribution in [2.75, 3.05) is 13.1 Å². The van der Waals surface area contributed by atoms with Gasteiger partial charge in [0.05, 0.1) is 6.04 Å². The summed E-state index contributed by atoms with van der Waals surface area (Å²) in [5.41, 5.74) is 2.10. The SMILES string of the molecule is C=CCN1C(=O)C(=O)N(CC(=O)N[C@H](C)c2ccc(CC)cc2)C1=O. The Balaban J connectivity index is 1.99. The monoisotopic (exact) mass is 343 g/mol. The lowest BCUT2D eigenvalue weighted by Gasteiger charge is -2.18. The van der Waals surface area contributed by atoms with Crippen molar-refractivity contribution >= 4 is 23.8 Å². The molecule has 1 aromatic rings. The van der Waals surface area contributed by atoms with Crippen LogP contribution in [-0.4, -0.2) is 46.6 Å². The number of benzene rings is 1. The first-order valence-electron chi connectivity index (χ1n) is 8.05. The first kappa shape index (κ1) is 18.4. The Kier molecular flexibility index (Phi) is 5.69. The zero-order valence-electron chi connectivity index (χ0n) is 14.3. The molecular formula is C18H21N3O4. The molecule has 1 aliphatic rings. The third-order valence-electron chi connectivity index (χ3n) is 4.01. The molecule has 0 unspecified atom stereocenters. The van der Waals surface area contributed by atoms with Crippen molar-refractivity contribution in [3.8, 4) is 0 Å². The van der Waals surface area contributed by atoms with Crippen LogP contribution in [-0.2, 0) is 20.8 Å². The van der Waals surface area contributed by atoms with E-state index in [0.717, 1.165) is 16.9 Å². The van der Waals surface area contributed by atoms with E-state index in [0.29, 0.717) is 4.90 Å². The number of nitrogens with one attached hydrogen (secondary N) is 1. The van der Waals surface area contributed by atoms with Crippen LogP contribution in [0.5, 0.6) is 0 Å². The fourth-order valence-corrected chi connectivity index (χ4v) is 2.54. The second-order valence-electron chi connectivity index (χ2n) is 5.76. The molecule has 0 aliphatic carbocycles. The van der Waals surface area contributed by atoms with Gasteiger partial charge in [-0.05, 0) is 24.5 Å². The normalized spacial score (nSPS) is 15.5. The maximum absolute atomic E-state index is 12.2. The lowest BCUT2D eigenvalue weighted by atomic mass is 10.1. The molecule has 1 atom stereocenters. The number of hydrogen-bond donors (Lipinski definition) is 1. The molecule has 7 heteroatoms. The quantitative estimate of drug-likeness (QED) is 0.461. The Labute approximate surface area is 146 Å². The lowest BCUT2D eigenvalue weighted by Crippen LogP contribution is -2.42. The summed E-state index contributed by atoms with van der Waals surface area (Å²) >= 11 is 0. The van der Waals surface area contributed by atoms with Crippen LogP contribution >= 0.6 is 0 Å². The third kappa shape index (κ3) is 3.93. The fraction of sp³-hybridized carbons (Fsp3) is 0.333. The molecule has 7 nitrogen and oxygen atoms in total. The van der Waals surface area contributed by atoms with Crippen molar-refractivity contribution in [1.82, 2.24) is 15.1 Å². The molecule has 132 valence electrons. The molecule has 1 fully saturated rings. The molecule has 0 radical (unpaired) electrons. The number of imide groups is 2. The number of nitrogens with zero attached hydrogens (tertiary/aromatic N) is 2. The molecule has 1 aliphatic heterocycles. The predicted molar refractivity (Wildman–Crippen MR) is 91.4 cm³/mol. The summed E-state index contributed by atoms with van der Waals surface area (Å²) in [7, 11) is 0. The summed E-state index contributed by atoms with van der Waals surface area (Å²) in [5.74, 6) is -2.45. The van der Waals surface area contributed by atoms with Crippen molar-refractivity contribution in [1.29, 1.82) is 0 Å². The first-order valence-corrected chi connectivity index (χ1v) is 8.05. The maximum atomic E-state index is 12.2. The highest BCUT2D eigenvalue weighted by atomic mass is 16.2. The molecule has 0 aromatic heterocycles. The summed E-state index contributed by atoms with van der Waals surface area (Å²) in [4.78, 5) is 49.2. The van der Waals surface area contributed by atoms with Crippen LogP contribution < -0.4 is 5.32 Å².